The van der Waals surface area contributed by atoms with Crippen LogP contribution in [0.4, 0.5) is 15.8 Å². The normalized spacial score (nSPS) is 12.1. The molecule has 108 valence electrons. The van der Waals surface area contributed by atoms with Crippen LogP contribution in [0.5, 0.6) is 11.5 Å². The topological polar surface area (TPSA) is 42.5 Å². The summed E-state index contributed by atoms with van der Waals surface area (Å²) in [6, 6.07) is 9.77. The van der Waals surface area contributed by atoms with E-state index in [9.17, 15) is 4.39 Å². The first-order valence-electron chi connectivity index (χ1n) is 6.04. The summed E-state index contributed by atoms with van der Waals surface area (Å²) in [7, 11) is 0. The van der Waals surface area contributed by atoms with Gasteiger partial charge in [-0.2, -0.15) is 0 Å². The third kappa shape index (κ3) is 3.25. The van der Waals surface area contributed by atoms with Gasteiger partial charge in [0.1, 0.15) is 5.82 Å². The molecule has 1 aliphatic rings. The van der Waals surface area contributed by atoms with Crippen molar-refractivity contribution in [2.24, 2.45) is 0 Å². The van der Waals surface area contributed by atoms with Crippen molar-refractivity contribution in [1.82, 2.24) is 0 Å². The van der Waals surface area contributed by atoms with Gasteiger partial charge in [0.15, 0.2) is 16.6 Å². The van der Waals surface area contributed by atoms with E-state index in [1.807, 2.05) is 6.07 Å². The van der Waals surface area contributed by atoms with Gasteiger partial charge in [-0.15, -0.1) is 0 Å². The van der Waals surface area contributed by atoms with Crippen LogP contribution in [-0.4, -0.2) is 11.9 Å². The average molecular weight is 369 g/mol. The Morgan fingerprint density at radius 1 is 1.10 bits per heavy atom. The fourth-order valence-electron chi connectivity index (χ4n) is 1.85. The molecule has 0 bridgehead atoms. The second-order valence-corrected chi connectivity index (χ2v) is 5.53. The van der Waals surface area contributed by atoms with Gasteiger partial charge in [-0.3, -0.25) is 0 Å². The zero-order valence-corrected chi connectivity index (χ0v) is 13.1. The minimum atomic E-state index is -0.318. The van der Waals surface area contributed by atoms with E-state index in [1.165, 1.54) is 12.1 Å². The molecule has 1 heterocycles. The van der Waals surface area contributed by atoms with E-state index in [1.54, 1.807) is 18.2 Å². The van der Waals surface area contributed by atoms with E-state index in [4.69, 9.17) is 21.7 Å². The van der Waals surface area contributed by atoms with Crippen LogP contribution in [-0.2, 0) is 0 Å². The lowest BCUT2D eigenvalue weighted by Crippen LogP contribution is -2.19. The van der Waals surface area contributed by atoms with Gasteiger partial charge in [-0.1, -0.05) is 0 Å². The first kappa shape index (κ1) is 14.1. The number of thiocarbonyl (C=S) groups is 1. The van der Waals surface area contributed by atoms with Crippen LogP contribution in [0.25, 0.3) is 0 Å². The van der Waals surface area contributed by atoms with Gasteiger partial charge < -0.3 is 20.1 Å². The van der Waals surface area contributed by atoms with Crippen LogP contribution < -0.4 is 20.1 Å². The largest absolute Gasteiger partial charge is 0.454 e. The van der Waals surface area contributed by atoms with E-state index in [0.717, 1.165) is 5.69 Å². The molecule has 0 radical (unpaired) electrons. The van der Waals surface area contributed by atoms with E-state index in [-0.39, 0.29) is 12.6 Å². The summed E-state index contributed by atoms with van der Waals surface area (Å²) in [4.78, 5) is 0. The molecule has 4 nitrogen and oxygen atoms in total. The fraction of sp³-hybridized carbons (Fsp3) is 0.0714. The molecule has 3 rings (SSSR count). The molecule has 0 fully saturated rings. The molecule has 2 aromatic carbocycles. The molecule has 2 N–H and O–H groups in total. The fourth-order valence-corrected chi connectivity index (χ4v) is 2.53. The summed E-state index contributed by atoms with van der Waals surface area (Å²) in [5.74, 6) is 1.06. The molecule has 0 aromatic heterocycles. The number of ether oxygens (including phenoxy) is 2. The molecular formula is C14H10BrFN2O2S. The van der Waals surface area contributed by atoms with Gasteiger partial charge in [0.25, 0.3) is 0 Å². The van der Waals surface area contributed by atoms with Gasteiger partial charge in [0.05, 0.1) is 5.69 Å². The van der Waals surface area contributed by atoms with Crippen LogP contribution in [0.2, 0.25) is 0 Å². The Labute approximate surface area is 134 Å². The minimum Gasteiger partial charge on any atom is -0.454 e. The molecule has 1 aliphatic heterocycles. The second kappa shape index (κ2) is 5.87. The summed E-state index contributed by atoms with van der Waals surface area (Å²) in [6.45, 7) is 0.226. The van der Waals surface area contributed by atoms with E-state index >= 15 is 0 Å². The van der Waals surface area contributed by atoms with Crippen LogP contribution in [0.1, 0.15) is 0 Å². The summed E-state index contributed by atoms with van der Waals surface area (Å²) in [5.41, 5.74) is 1.45. The molecule has 0 spiro atoms. The minimum absolute atomic E-state index is 0.226. The monoisotopic (exact) mass is 368 g/mol. The lowest BCUT2D eigenvalue weighted by atomic mass is 10.3. The molecular weight excluding hydrogens is 359 g/mol. The Balaban J connectivity index is 1.69. The lowest BCUT2D eigenvalue weighted by molar-refractivity contribution is 0.174. The van der Waals surface area contributed by atoms with Crippen LogP contribution in [0, 0.1) is 5.82 Å². The maximum absolute atomic E-state index is 13.0. The lowest BCUT2D eigenvalue weighted by Gasteiger charge is -2.12. The Hall–Kier alpha value is -1.86. The molecule has 0 amide bonds. The number of benzene rings is 2. The molecule has 0 saturated heterocycles. The summed E-state index contributed by atoms with van der Waals surface area (Å²) in [6.07, 6.45) is 0. The quantitative estimate of drug-likeness (QED) is 0.780. The maximum Gasteiger partial charge on any atom is 0.231 e. The second-order valence-electron chi connectivity index (χ2n) is 4.27. The summed E-state index contributed by atoms with van der Waals surface area (Å²) < 4.78 is 24.2. The van der Waals surface area contributed by atoms with Gasteiger partial charge in [-0.25, -0.2) is 4.39 Å². The molecule has 2 aromatic rings. The molecule has 7 heteroatoms. The van der Waals surface area contributed by atoms with E-state index in [0.29, 0.717) is 26.8 Å². The Bertz CT molecular complexity index is 711. The van der Waals surface area contributed by atoms with Crippen molar-refractivity contribution >= 4 is 44.6 Å². The van der Waals surface area contributed by atoms with Crippen molar-refractivity contribution in [2.45, 2.75) is 0 Å². The van der Waals surface area contributed by atoms with Crippen molar-refractivity contribution in [3.63, 3.8) is 0 Å². The molecule has 0 atom stereocenters. The Morgan fingerprint density at radius 2 is 1.90 bits per heavy atom. The van der Waals surface area contributed by atoms with Gasteiger partial charge in [0, 0.05) is 16.2 Å². The van der Waals surface area contributed by atoms with E-state index in [2.05, 4.69) is 26.6 Å². The van der Waals surface area contributed by atoms with Crippen molar-refractivity contribution < 1.29 is 13.9 Å². The van der Waals surface area contributed by atoms with E-state index < -0.39 is 0 Å². The number of anilines is 2. The third-order valence-corrected chi connectivity index (χ3v) is 3.67. The van der Waals surface area contributed by atoms with Crippen molar-refractivity contribution in [3.8, 4) is 11.5 Å². The highest BCUT2D eigenvalue weighted by Crippen LogP contribution is 2.34. The Kier molecular flexibility index (Phi) is 3.94. The predicted octanol–water partition coefficient (Wildman–Crippen LogP) is 4.13. The van der Waals surface area contributed by atoms with Crippen LogP contribution in [0.15, 0.2) is 40.9 Å². The van der Waals surface area contributed by atoms with Gasteiger partial charge >= 0.3 is 0 Å². The number of hydrogen-bond donors (Lipinski definition) is 2. The van der Waals surface area contributed by atoms with Crippen molar-refractivity contribution in [1.29, 1.82) is 0 Å². The number of halogens is 2. The first-order valence-corrected chi connectivity index (χ1v) is 7.25. The number of hydrogen-bond acceptors (Lipinski definition) is 3. The van der Waals surface area contributed by atoms with Gasteiger partial charge in [-0.05, 0) is 58.5 Å². The number of rotatable bonds is 2. The molecule has 0 aliphatic carbocycles. The highest BCUT2D eigenvalue weighted by molar-refractivity contribution is 9.10. The maximum atomic E-state index is 13.0. The van der Waals surface area contributed by atoms with Crippen molar-refractivity contribution in [3.05, 3.63) is 46.7 Å². The summed E-state index contributed by atoms with van der Waals surface area (Å²) in [5, 5.41) is 6.41. The zero-order chi connectivity index (χ0) is 14.8. The number of nitrogens with one attached hydrogen (secondary N) is 2. The van der Waals surface area contributed by atoms with Gasteiger partial charge in [0.2, 0.25) is 6.79 Å². The highest BCUT2D eigenvalue weighted by atomic mass is 79.9. The molecule has 21 heavy (non-hydrogen) atoms. The van der Waals surface area contributed by atoms with Crippen molar-refractivity contribution in [2.75, 3.05) is 17.4 Å². The summed E-state index contributed by atoms with van der Waals surface area (Å²) >= 11 is 8.50. The number of fused-ring (bicyclic) bond motifs is 1. The standard InChI is InChI=1S/C14H10BrFN2O2S/c15-10-5-8(16)1-3-11(10)18-14(21)17-9-2-4-12-13(6-9)20-7-19-12/h1-6H,7H2,(H2,17,18,21). The van der Waals surface area contributed by atoms with Crippen LogP contribution in [0.3, 0.4) is 0 Å². The molecule has 0 unspecified atom stereocenters. The smallest absolute Gasteiger partial charge is 0.231 e. The first-order chi connectivity index (χ1) is 10.1. The zero-order valence-electron chi connectivity index (χ0n) is 10.7. The average Bonchev–Trinajstić information content (AvgIpc) is 2.89. The predicted molar refractivity (Wildman–Crippen MR) is 86.5 cm³/mol. The SMILES string of the molecule is Fc1ccc(NC(=S)Nc2ccc3c(c2)OCO3)c(Br)c1. The molecule has 0 saturated carbocycles. The highest BCUT2D eigenvalue weighted by Gasteiger charge is 2.13. The Morgan fingerprint density at radius 3 is 2.71 bits per heavy atom. The van der Waals surface area contributed by atoms with Crippen LogP contribution >= 0.6 is 28.1 Å². The third-order valence-electron chi connectivity index (χ3n) is 2.81.